The van der Waals surface area contributed by atoms with Gasteiger partial charge in [-0.25, -0.2) is 4.68 Å². The van der Waals surface area contributed by atoms with Crippen molar-refractivity contribution in [3.05, 3.63) is 105 Å². The first-order valence-corrected chi connectivity index (χ1v) is 9.86. The third-order valence-electron chi connectivity index (χ3n) is 5.35. The molecule has 1 N–H and O–H groups in total. The molecule has 3 aromatic carbocycles. The summed E-state index contributed by atoms with van der Waals surface area (Å²) in [5, 5.41) is 22.2. The van der Waals surface area contributed by atoms with E-state index in [4.69, 9.17) is 4.74 Å². The van der Waals surface area contributed by atoms with Crippen LogP contribution in [0.3, 0.4) is 0 Å². The molecule has 0 saturated carbocycles. The van der Waals surface area contributed by atoms with Crippen molar-refractivity contribution in [3.63, 3.8) is 0 Å². The number of fused-ring (bicyclic) bond motifs is 2. The summed E-state index contributed by atoms with van der Waals surface area (Å²) in [6.45, 7) is 1.69. The highest BCUT2D eigenvalue weighted by atomic mass is 16.6. The first-order chi connectivity index (χ1) is 15.5. The van der Waals surface area contributed by atoms with Gasteiger partial charge in [0.25, 0.3) is 11.6 Å². The lowest BCUT2D eigenvalue weighted by molar-refractivity contribution is -0.384. The molecule has 32 heavy (non-hydrogen) atoms. The summed E-state index contributed by atoms with van der Waals surface area (Å²) in [4.78, 5) is 23.8. The first-order valence-electron chi connectivity index (χ1n) is 9.86. The number of para-hydroxylation sites is 2. The lowest BCUT2D eigenvalue weighted by Crippen LogP contribution is -2.32. The second-order valence-corrected chi connectivity index (χ2v) is 7.30. The van der Waals surface area contributed by atoms with Gasteiger partial charge in [0.1, 0.15) is 11.5 Å². The highest BCUT2D eigenvalue weighted by molar-refractivity contribution is 5.94. The summed E-state index contributed by atoms with van der Waals surface area (Å²) >= 11 is 0. The molecule has 4 aromatic rings. The van der Waals surface area contributed by atoms with Crippen molar-refractivity contribution in [2.24, 2.45) is 0 Å². The third kappa shape index (κ3) is 3.25. The highest BCUT2D eigenvalue weighted by Crippen LogP contribution is 2.42. The number of non-ortho nitro benzene ring substituents is 1. The van der Waals surface area contributed by atoms with Gasteiger partial charge in [0.15, 0.2) is 5.69 Å². The lowest BCUT2D eigenvalue weighted by atomic mass is 9.94. The van der Waals surface area contributed by atoms with Crippen molar-refractivity contribution in [2.75, 3.05) is 0 Å². The Morgan fingerprint density at radius 2 is 1.69 bits per heavy atom. The van der Waals surface area contributed by atoms with Crippen LogP contribution in [0.2, 0.25) is 0 Å². The van der Waals surface area contributed by atoms with E-state index in [1.165, 1.54) is 16.8 Å². The minimum Gasteiger partial charge on any atom is -0.457 e. The number of benzene rings is 3. The van der Waals surface area contributed by atoms with Crippen LogP contribution in [0.5, 0.6) is 11.5 Å². The summed E-state index contributed by atoms with van der Waals surface area (Å²) in [6, 6.07) is 20.6. The maximum atomic E-state index is 13.2. The van der Waals surface area contributed by atoms with Crippen molar-refractivity contribution in [3.8, 4) is 17.2 Å². The van der Waals surface area contributed by atoms with Gasteiger partial charge >= 0.3 is 0 Å². The molecule has 0 fully saturated rings. The third-order valence-corrected chi connectivity index (χ3v) is 5.35. The topological polar surface area (TPSA) is 112 Å². The summed E-state index contributed by atoms with van der Waals surface area (Å²) in [5.74, 6) is 0.942. The molecule has 0 atom stereocenters. The van der Waals surface area contributed by atoms with Gasteiger partial charge in [-0.1, -0.05) is 47.7 Å². The van der Waals surface area contributed by atoms with E-state index in [2.05, 4.69) is 15.6 Å². The van der Waals surface area contributed by atoms with Crippen LogP contribution in [-0.4, -0.2) is 25.8 Å². The Labute approximate surface area is 182 Å². The second kappa shape index (κ2) is 7.62. The SMILES string of the molecule is Cc1c(C(=O)NC2c3ccccc3Oc3ccccc32)nnn1-c1cccc([N+](=O)[O-])c1. The van der Waals surface area contributed by atoms with Crippen LogP contribution in [-0.2, 0) is 0 Å². The molecule has 0 aliphatic carbocycles. The van der Waals surface area contributed by atoms with E-state index in [9.17, 15) is 14.9 Å². The van der Waals surface area contributed by atoms with Gasteiger partial charge < -0.3 is 10.1 Å². The molecule has 0 spiro atoms. The molecule has 158 valence electrons. The zero-order valence-electron chi connectivity index (χ0n) is 16.9. The number of amides is 1. The van der Waals surface area contributed by atoms with E-state index in [1.807, 2.05) is 48.5 Å². The molecule has 2 heterocycles. The molecule has 0 radical (unpaired) electrons. The summed E-state index contributed by atoms with van der Waals surface area (Å²) in [6.07, 6.45) is 0. The van der Waals surface area contributed by atoms with Crippen LogP contribution in [0.25, 0.3) is 5.69 Å². The Morgan fingerprint density at radius 1 is 1.03 bits per heavy atom. The standard InChI is InChI=1S/C23H17N5O4/c1-14-21(25-26-27(14)15-7-6-8-16(13-15)28(30)31)23(29)24-22-17-9-2-4-11-19(17)32-20-12-5-3-10-18(20)22/h2-13,22H,1H3,(H,24,29). The number of hydrogen-bond donors (Lipinski definition) is 1. The van der Waals surface area contributed by atoms with Gasteiger partial charge in [-0.2, -0.15) is 0 Å². The predicted molar refractivity (Wildman–Crippen MR) is 115 cm³/mol. The van der Waals surface area contributed by atoms with Gasteiger partial charge in [0.05, 0.1) is 22.3 Å². The van der Waals surface area contributed by atoms with Gasteiger partial charge in [0, 0.05) is 23.3 Å². The van der Waals surface area contributed by atoms with Gasteiger partial charge in [0.2, 0.25) is 0 Å². The van der Waals surface area contributed by atoms with Crippen molar-refractivity contribution >= 4 is 11.6 Å². The molecule has 0 bridgehead atoms. The van der Waals surface area contributed by atoms with Crippen LogP contribution in [0.15, 0.2) is 72.8 Å². The Hall–Kier alpha value is -4.53. The number of nitro groups is 1. The van der Waals surface area contributed by atoms with Crippen molar-refractivity contribution in [1.29, 1.82) is 0 Å². The van der Waals surface area contributed by atoms with Crippen molar-refractivity contribution < 1.29 is 14.5 Å². The maximum absolute atomic E-state index is 13.2. The molecule has 1 aromatic heterocycles. The molecule has 1 amide bonds. The maximum Gasteiger partial charge on any atom is 0.274 e. The smallest absolute Gasteiger partial charge is 0.274 e. The number of rotatable bonds is 4. The van der Waals surface area contributed by atoms with E-state index in [0.717, 1.165) is 11.1 Å². The van der Waals surface area contributed by atoms with Crippen molar-refractivity contribution in [2.45, 2.75) is 13.0 Å². The summed E-state index contributed by atoms with van der Waals surface area (Å²) in [7, 11) is 0. The number of aromatic nitrogens is 3. The van der Waals surface area contributed by atoms with Crippen molar-refractivity contribution in [1.82, 2.24) is 20.3 Å². The Balaban J connectivity index is 1.49. The molecule has 9 nitrogen and oxygen atoms in total. The number of ether oxygens (including phenoxy) is 1. The first kappa shape index (κ1) is 19.4. The highest BCUT2D eigenvalue weighted by Gasteiger charge is 2.30. The number of carbonyl (C=O) groups is 1. The van der Waals surface area contributed by atoms with Gasteiger partial charge in [-0.3, -0.25) is 14.9 Å². The lowest BCUT2D eigenvalue weighted by Gasteiger charge is -2.28. The molecule has 9 heteroatoms. The molecule has 5 rings (SSSR count). The predicted octanol–water partition coefficient (Wildman–Crippen LogP) is 4.11. The molecule has 1 aliphatic rings. The normalized spacial score (nSPS) is 12.4. The number of hydrogen-bond acceptors (Lipinski definition) is 6. The van der Waals surface area contributed by atoms with E-state index in [1.54, 1.807) is 19.1 Å². The number of carbonyl (C=O) groups excluding carboxylic acids is 1. The molecular formula is C23H17N5O4. The number of nitrogens with one attached hydrogen (secondary N) is 1. The molecule has 0 unspecified atom stereocenters. The van der Waals surface area contributed by atoms with Crippen LogP contribution in [0.4, 0.5) is 5.69 Å². The zero-order chi connectivity index (χ0) is 22.2. The van der Waals surface area contributed by atoms with Crippen LogP contribution >= 0.6 is 0 Å². The number of nitro benzene ring substituents is 1. The monoisotopic (exact) mass is 427 g/mol. The van der Waals surface area contributed by atoms with E-state index in [-0.39, 0.29) is 11.4 Å². The fraction of sp³-hybridized carbons (Fsp3) is 0.0870. The number of nitrogens with zero attached hydrogens (tertiary/aromatic N) is 4. The van der Waals surface area contributed by atoms with Crippen LogP contribution < -0.4 is 10.1 Å². The Kier molecular flexibility index (Phi) is 4.63. The molecule has 0 saturated heterocycles. The minimum atomic E-state index is -0.483. The minimum absolute atomic E-state index is 0.0705. The van der Waals surface area contributed by atoms with Gasteiger partial charge in [-0.05, 0) is 25.1 Å². The van der Waals surface area contributed by atoms with E-state index < -0.39 is 16.9 Å². The quantitative estimate of drug-likeness (QED) is 0.387. The van der Waals surface area contributed by atoms with Gasteiger partial charge in [-0.15, -0.1) is 5.10 Å². The van der Waals surface area contributed by atoms with E-state index in [0.29, 0.717) is 22.9 Å². The molecular weight excluding hydrogens is 410 g/mol. The average Bonchev–Trinajstić information content (AvgIpc) is 3.20. The fourth-order valence-corrected chi connectivity index (χ4v) is 3.79. The second-order valence-electron chi connectivity index (χ2n) is 7.30. The zero-order valence-corrected chi connectivity index (χ0v) is 16.9. The van der Waals surface area contributed by atoms with Crippen LogP contribution in [0, 0.1) is 17.0 Å². The van der Waals surface area contributed by atoms with Crippen LogP contribution in [0.1, 0.15) is 33.4 Å². The summed E-state index contributed by atoms with van der Waals surface area (Å²) < 4.78 is 7.38. The summed E-state index contributed by atoms with van der Waals surface area (Å²) in [5.41, 5.74) is 2.66. The average molecular weight is 427 g/mol. The Bertz CT molecular complexity index is 1320. The molecule has 1 aliphatic heterocycles. The fourth-order valence-electron chi connectivity index (χ4n) is 3.79. The Morgan fingerprint density at radius 3 is 2.34 bits per heavy atom. The largest absolute Gasteiger partial charge is 0.457 e. The van der Waals surface area contributed by atoms with E-state index >= 15 is 0 Å².